The first-order valence-electron chi connectivity index (χ1n) is 8.04. The lowest BCUT2D eigenvalue weighted by Crippen LogP contribution is -2.41. The minimum Gasteiger partial charge on any atom is -0.450 e. The van der Waals surface area contributed by atoms with E-state index in [1.807, 2.05) is 6.92 Å². The van der Waals surface area contributed by atoms with E-state index in [0.717, 1.165) is 11.6 Å². The first-order chi connectivity index (χ1) is 12.3. The molecule has 138 valence electrons. The number of hydrogen-bond acceptors (Lipinski definition) is 6. The molecule has 26 heavy (non-hydrogen) atoms. The Morgan fingerprint density at radius 2 is 1.88 bits per heavy atom. The van der Waals surface area contributed by atoms with Crippen LogP contribution in [0.5, 0.6) is 0 Å². The second kappa shape index (κ2) is 8.28. The molecule has 2 rings (SSSR count). The molecule has 2 amide bonds. The van der Waals surface area contributed by atoms with Crippen LogP contribution in [0.4, 0.5) is 0 Å². The first-order valence-corrected chi connectivity index (χ1v) is 8.04. The topological polar surface area (TPSA) is 115 Å². The van der Waals surface area contributed by atoms with Crippen molar-refractivity contribution < 1.29 is 23.5 Å². The summed E-state index contributed by atoms with van der Waals surface area (Å²) in [4.78, 5) is 47.1. The molecule has 0 radical (unpaired) electrons. The van der Waals surface area contributed by atoms with Gasteiger partial charge in [-0.2, -0.15) is 0 Å². The van der Waals surface area contributed by atoms with Gasteiger partial charge in [0.25, 0.3) is 5.91 Å². The van der Waals surface area contributed by atoms with E-state index in [2.05, 4.69) is 10.6 Å². The molecule has 0 unspecified atom stereocenters. The lowest BCUT2D eigenvalue weighted by Gasteiger charge is -2.09. The lowest BCUT2D eigenvalue weighted by molar-refractivity contribution is -0.128. The van der Waals surface area contributed by atoms with Gasteiger partial charge in [-0.1, -0.05) is 11.6 Å². The lowest BCUT2D eigenvalue weighted by atomic mass is 10.1. The third-order valence-electron chi connectivity index (χ3n) is 3.31. The van der Waals surface area contributed by atoms with Crippen molar-refractivity contribution in [3.63, 3.8) is 0 Å². The van der Waals surface area contributed by atoms with Gasteiger partial charge in [-0.15, -0.1) is 0 Å². The van der Waals surface area contributed by atoms with E-state index in [9.17, 15) is 19.2 Å². The zero-order valence-electron chi connectivity index (χ0n) is 14.8. The largest absolute Gasteiger partial charge is 0.450 e. The zero-order chi connectivity index (χ0) is 19.3. The van der Waals surface area contributed by atoms with Gasteiger partial charge in [0.1, 0.15) is 5.58 Å². The molecule has 1 aromatic heterocycles. The molecule has 1 heterocycles. The quantitative estimate of drug-likeness (QED) is 0.740. The van der Waals surface area contributed by atoms with E-state index in [1.165, 1.54) is 0 Å². The first kappa shape index (κ1) is 19.2. The van der Waals surface area contributed by atoms with Crippen LogP contribution in [0.2, 0.25) is 0 Å². The molecule has 2 N–H and O–H groups in total. The number of fused-ring (bicyclic) bond motifs is 1. The monoisotopic (exact) mass is 360 g/mol. The maximum Gasteiger partial charge on any atom is 0.374 e. The predicted molar refractivity (Wildman–Crippen MR) is 93.8 cm³/mol. The van der Waals surface area contributed by atoms with E-state index < -0.39 is 18.5 Å². The van der Waals surface area contributed by atoms with Crippen molar-refractivity contribution in [3.05, 3.63) is 45.8 Å². The van der Waals surface area contributed by atoms with Crippen molar-refractivity contribution in [1.29, 1.82) is 0 Å². The average molecular weight is 360 g/mol. The van der Waals surface area contributed by atoms with Crippen molar-refractivity contribution in [3.8, 4) is 0 Å². The highest BCUT2D eigenvalue weighted by molar-refractivity contribution is 5.91. The summed E-state index contributed by atoms with van der Waals surface area (Å²) in [5, 5.41) is 5.28. The summed E-state index contributed by atoms with van der Waals surface area (Å²) in [7, 11) is 0. The second-order valence-corrected chi connectivity index (χ2v) is 6.05. The third-order valence-corrected chi connectivity index (χ3v) is 3.31. The van der Waals surface area contributed by atoms with E-state index in [0.29, 0.717) is 5.39 Å². The number of amides is 2. The predicted octanol–water partition coefficient (Wildman–Crippen LogP) is 0.899. The van der Waals surface area contributed by atoms with E-state index in [-0.39, 0.29) is 35.3 Å². The number of esters is 1. The Morgan fingerprint density at radius 3 is 2.58 bits per heavy atom. The van der Waals surface area contributed by atoms with Crippen LogP contribution in [-0.4, -0.2) is 37.0 Å². The van der Waals surface area contributed by atoms with Gasteiger partial charge in [-0.05, 0) is 32.9 Å². The van der Waals surface area contributed by atoms with Gasteiger partial charge in [0.15, 0.2) is 12.0 Å². The fourth-order valence-corrected chi connectivity index (χ4v) is 2.18. The van der Waals surface area contributed by atoms with E-state index >= 15 is 0 Å². The summed E-state index contributed by atoms with van der Waals surface area (Å²) in [6.45, 7) is 4.60. The number of rotatable bonds is 6. The van der Waals surface area contributed by atoms with Gasteiger partial charge in [-0.25, -0.2) is 4.79 Å². The Hall–Kier alpha value is -3.16. The Labute approximate surface area is 149 Å². The van der Waals surface area contributed by atoms with Crippen LogP contribution in [-0.2, 0) is 14.3 Å². The average Bonchev–Trinajstić information content (AvgIpc) is 2.57. The van der Waals surface area contributed by atoms with Crippen molar-refractivity contribution in [2.45, 2.75) is 26.8 Å². The molecule has 0 atom stereocenters. The van der Waals surface area contributed by atoms with Crippen molar-refractivity contribution in [2.24, 2.45) is 0 Å². The minimum atomic E-state index is -0.939. The molecule has 8 nitrogen and oxygen atoms in total. The molecule has 0 spiro atoms. The maximum atomic E-state index is 12.1. The minimum absolute atomic E-state index is 0.0446. The van der Waals surface area contributed by atoms with Gasteiger partial charge in [0.05, 0.1) is 11.9 Å². The number of aryl methyl sites for hydroxylation is 1. The molecule has 0 saturated heterocycles. The number of ether oxygens (including phenoxy) is 1. The number of benzene rings is 1. The summed E-state index contributed by atoms with van der Waals surface area (Å²) in [6.07, 6.45) is 0. The SMILES string of the molecule is Cc1ccc2oc(C(=O)OCC(=O)NCC(=O)NC(C)C)cc(=O)c2c1. The normalized spacial score (nSPS) is 10.6. The van der Waals surface area contributed by atoms with Crippen molar-refractivity contribution in [1.82, 2.24) is 10.6 Å². The molecule has 0 saturated carbocycles. The third kappa shape index (κ3) is 5.17. The second-order valence-electron chi connectivity index (χ2n) is 6.05. The molecule has 0 aliphatic heterocycles. The standard InChI is InChI=1S/C18H20N2O6/c1-10(2)20-16(22)8-19-17(23)9-25-18(24)15-7-13(21)12-6-11(3)4-5-14(12)26-15/h4-7,10H,8-9H2,1-3H3,(H,19,23)(H,20,22). The number of hydrogen-bond donors (Lipinski definition) is 2. The summed E-state index contributed by atoms with van der Waals surface area (Å²) in [5.74, 6) is -2.23. The van der Waals surface area contributed by atoms with E-state index in [1.54, 1.807) is 32.0 Å². The van der Waals surface area contributed by atoms with Gasteiger partial charge < -0.3 is 19.8 Å². The summed E-state index contributed by atoms with van der Waals surface area (Å²) in [5.41, 5.74) is 0.764. The Morgan fingerprint density at radius 1 is 1.15 bits per heavy atom. The molecular formula is C18H20N2O6. The molecule has 1 aromatic carbocycles. The fourth-order valence-electron chi connectivity index (χ4n) is 2.18. The zero-order valence-corrected chi connectivity index (χ0v) is 14.8. The Balaban J connectivity index is 1.95. The maximum absolute atomic E-state index is 12.1. The number of carbonyl (C=O) groups excluding carboxylic acids is 3. The van der Waals surface area contributed by atoms with Crippen LogP contribution in [0, 0.1) is 6.92 Å². The van der Waals surface area contributed by atoms with Crippen molar-refractivity contribution in [2.75, 3.05) is 13.2 Å². The Kier molecular flexibility index (Phi) is 6.11. The van der Waals surface area contributed by atoms with Gasteiger partial charge in [0.2, 0.25) is 11.7 Å². The summed E-state index contributed by atoms with van der Waals surface area (Å²) < 4.78 is 10.2. The van der Waals surface area contributed by atoms with Crippen LogP contribution in [0.1, 0.15) is 30.0 Å². The molecule has 0 aliphatic rings. The molecule has 0 fully saturated rings. The van der Waals surface area contributed by atoms with Crippen LogP contribution in [0.25, 0.3) is 11.0 Å². The van der Waals surface area contributed by atoms with Gasteiger partial charge >= 0.3 is 5.97 Å². The van der Waals surface area contributed by atoms with Crippen LogP contribution in [0.15, 0.2) is 33.5 Å². The highest BCUT2D eigenvalue weighted by Gasteiger charge is 2.16. The highest BCUT2D eigenvalue weighted by Crippen LogP contribution is 2.14. The molecule has 0 bridgehead atoms. The van der Waals surface area contributed by atoms with Crippen LogP contribution >= 0.6 is 0 Å². The fraction of sp³-hybridized carbons (Fsp3) is 0.333. The van der Waals surface area contributed by atoms with E-state index in [4.69, 9.17) is 9.15 Å². The smallest absolute Gasteiger partial charge is 0.374 e. The molecule has 8 heteroatoms. The van der Waals surface area contributed by atoms with Gasteiger partial charge in [0, 0.05) is 12.1 Å². The molecular weight excluding hydrogens is 340 g/mol. The number of carbonyl (C=O) groups is 3. The Bertz CT molecular complexity index is 900. The highest BCUT2D eigenvalue weighted by atomic mass is 16.5. The van der Waals surface area contributed by atoms with Gasteiger partial charge in [-0.3, -0.25) is 14.4 Å². The summed E-state index contributed by atoms with van der Waals surface area (Å²) in [6, 6.07) is 5.97. The van der Waals surface area contributed by atoms with Crippen LogP contribution in [0.3, 0.4) is 0 Å². The van der Waals surface area contributed by atoms with Crippen molar-refractivity contribution >= 4 is 28.8 Å². The molecule has 2 aromatic rings. The van der Waals surface area contributed by atoms with Crippen LogP contribution < -0.4 is 16.1 Å². The summed E-state index contributed by atoms with van der Waals surface area (Å²) >= 11 is 0. The molecule has 0 aliphatic carbocycles. The number of nitrogens with one attached hydrogen (secondary N) is 2.